The molecule has 30 heavy (non-hydrogen) atoms. The Hall–Kier alpha value is -2.86. The van der Waals surface area contributed by atoms with Gasteiger partial charge in [0.05, 0.1) is 5.75 Å². The summed E-state index contributed by atoms with van der Waals surface area (Å²) in [5.74, 6) is 0.297. The molecule has 1 aromatic heterocycles. The second-order valence-electron chi connectivity index (χ2n) is 7.00. The Labute approximate surface area is 181 Å². The molecular formula is C24H27N3O2S. The van der Waals surface area contributed by atoms with Crippen molar-refractivity contribution in [1.82, 2.24) is 14.9 Å². The van der Waals surface area contributed by atoms with Crippen LogP contribution in [-0.4, -0.2) is 33.5 Å². The van der Waals surface area contributed by atoms with E-state index in [2.05, 4.69) is 24.1 Å². The molecule has 5 nitrogen and oxygen atoms in total. The molecule has 1 heterocycles. The first-order valence-corrected chi connectivity index (χ1v) is 11.3. The largest absolute Gasteiger partial charge is 0.352 e. The lowest BCUT2D eigenvalue weighted by atomic mass is 10.1. The van der Waals surface area contributed by atoms with E-state index in [9.17, 15) is 9.59 Å². The van der Waals surface area contributed by atoms with E-state index in [4.69, 9.17) is 0 Å². The van der Waals surface area contributed by atoms with Crippen molar-refractivity contribution >= 4 is 23.5 Å². The number of carbonyl (C=O) groups excluding carboxylic acids is 2. The predicted molar refractivity (Wildman–Crippen MR) is 122 cm³/mol. The fourth-order valence-corrected chi connectivity index (χ4v) is 3.88. The molecule has 3 aromatic rings. The van der Waals surface area contributed by atoms with Crippen LogP contribution in [-0.2, 0) is 6.42 Å². The molecule has 0 fully saturated rings. The normalized spacial score (nSPS) is 10.7. The van der Waals surface area contributed by atoms with Crippen LogP contribution in [0.4, 0.5) is 0 Å². The summed E-state index contributed by atoms with van der Waals surface area (Å²) in [5, 5.41) is 3.66. The van der Waals surface area contributed by atoms with Gasteiger partial charge < -0.3 is 5.32 Å². The first-order chi connectivity index (χ1) is 14.6. The van der Waals surface area contributed by atoms with Crippen molar-refractivity contribution in [3.8, 4) is 5.69 Å². The number of aromatic nitrogens is 2. The molecule has 0 unspecified atom stereocenters. The van der Waals surface area contributed by atoms with Gasteiger partial charge in [0.25, 0.3) is 5.91 Å². The fourth-order valence-electron chi connectivity index (χ4n) is 3.01. The number of hydrogen-bond acceptors (Lipinski definition) is 4. The first-order valence-electron chi connectivity index (χ1n) is 10.3. The average Bonchev–Trinajstić information content (AvgIpc) is 3.26. The van der Waals surface area contributed by atoms with E-state index in [1.165, 1.54) is 17.3 Å². The topological polar surface area (TPSA) is 64.0 Å². The number of amides is 1. The molecule has 6 heteroatoms. The minimum absolute atomic E-state index is 0.0706. The first kappa shape index (κ1) is 21.8. The molecule has 0 aliphatic heterocycles. The summed E-state index contributed by atoms with van der Waals surface area (Å²) in [7, 11) is 0. The van der Waals surface area contributed by atoms with E-state index in [0.29, 0.717) is 23.4 Å². The molecule has 0 aliphatic carbocycles. The van der Waals surface area contributed by atoms with Crippen LogP contribution in [0.1, 0.15) is 53.0 Å². The van der Waals surface area contributed by atoms with Crippen LogP contribution >= 0.6 is 11.8 Å². The van der Waals surface area contributed by atoms with Crippen LogP contribution in [0.25, 0.3) is 5.69 Å². The number of rotatable bonds is 10. The van der Waals surface area contributed by atoms with Crippen LogP contribution < -0.4 is 5.32 Å². The zero-order valence-electron chi connectivity index (χ0n) is 17.4. The Kier molecular flexibility index (Phi) is 7.85. The number of Topliss-reactive ketones (excluding diaryl/α,β-unsaturated/α-hetero) is 1. The maximum absolute atomic E-state index is 12.5. The zero-order chi connectivity index (χ0) is 21.3. The highest BCUT2D eigenvalue weighted by Gasteiger charge is 2.12. The van der Waals surface area contributed by atoms with Crippen molar-refractivity contribution in [2.75, 3.05) is 12.3 Å². The number of carbonyl (C=O) groups is 2. The Balaban J connectivity index is 1.68. The minimum atomic E-state index is -0.0784. The maximum atomic E-state index is 12.5. The Bertz CT molecular complexity index is 996. The van der Waals surface area contributed by atoms with Gasteiger partial charge in [-0.2, -0.15) is 0 Å². The second kappa shape index (κ2) is 10.8. The molecule has 1 N–H and O–H groups in total. The van der Waals surface area contributed by atoms with Gasteiger partial charge >= 0.3 is 0 Å². The lowest BCUT2D eigenvalue weighted by Gasteiger charge is -2.10. The van der Waals surface area contributed by atoms with Crippen molar-refractivity contribution in [2.45, 2.75) is 38.3 Å². The van der Waals surface area contributed by atoms with Crippen LogP contribution in [0.3, 0.4) is 0 Å². The third kappa shape index (κ3) is 5.60. The molecule has 0 spiro atoms. The number of hydrogen-bond donors (Lipinski definition) is 1. The Morgan fingerprint density at radius 1 is 1.07 bits per heavy atom. The highest BCUT2D eigenvalue weighted by atomic mass is 32.2. The fraction of sp³-hybridized carbons (Fsp3) is 0.292. The lowest BCUT2D eigenvalue weighted by molar-refractivity contribution is 0.0952. The van der Waals surface area contributed by atoms with E-state index >= 15 is 0 Å². The highest BCUT2D eigenvalue weighted by Crippen LogP contribution is 2.22. The van der Waals surface area contributed by atoms with Crippen LogP contribution in [0.5, 0.6) is 0 Å². The quantitative estimate of drug-likeness (QED) is 0.286. The zero-order valence-corrected chi connectivity index (χ0v) is 18.2. The SMILES string of the molecule is CCCCNC(=O)c1cccc(-n2ccnc2SCC(=O)c2ccc(CC)cc2)c1. The third-order valence-corrected chi connectivity index (χ3v) is 5.79. The Morgan fingerprint density at radius 3 is 2.60 bits per heavy atom. The van der Waals surface area contributed by atoms with E-state index in [1.54, 1.807) is 12.3 Å². The Morgan fingerprint density at radius 2 is 1.87 bits per heavy atom. The maximum Gasteiger partial charge on any atom is 0.251 e. The van der Waals surface area contributed by atoms with Gasteiger partial charge in [-0.1, -0.05) is 62.4 Å². The number of nitrogens with one attached hydrogen (secondary N) is 1. The number of benzene rings is 2. The number of ketones is 1. The number of unbranched alkanes of at least 4 members (excludes halogenated alkanes) is 1. The summed E-state index contributed by atoms with van der Waals surface area (Å²) < 4.78 is 1.90. The van der Waals surface area contributed by atoms with Gasteiger partial charge in [-0.3, -0.25) is 14.2 Å². The molecule has 0 atom stereocenters. The standard InChI is InChI=1S/C24H27N3O2S/c1-3-5-13-25-23(29)20-7-6-8-21(16-20)27-15-14-26-24(27)30-17-22(28)19-11-9-18(4-2)10-12-19/h6-12,14-16H,3-5,13,17H2,1-2H3,(H,25,29). The number of nitrogens with zero attached hydrogens (tertiary/aromatic N) is 2. The van der Waals surface area contributed by atoms with E-state index in [-0.39, 0.29) is 11.7 Å². The van der Waals surface area contributed by atoms with Crippen molar-refractivity contribution in [3.05, 3.63) is 77.6 Å². The molecule has 0 radical (unpaired) electrons. The number of aryl methyl sites for hydroxylation is 1. The van der Waals surface area contributed by atoms with E-state index in [1.807, 2.05) is 53.2 Å². The smallest absolute Gasteiger partial charge is 0.251 e. The molecule has 2 aromatic carbocycles. The minimum Gasteiger partial charge on any atom is -0.352 e. The average molecular weight is 422 g/mol. The van der Waals surface area contributed by atoms with Crippen molar-refractivity contribution in [3.63, 3.8) is 0 Å². The second-order valence-corrected chi connectivity index (χ2v) is 7.94. The van der Waals surface area contributed by atoms with Crippen molar-refractivity contribution in [2.24, 2.45) is 0 Å². The summed E-state index contributed by atoms with van der Waals surface area (Å²) >= 11 is 1.39. The summed E-state index contributed by atoms with van der Waals surface area (Å²) in [6, 6.07) is 15.2. The monoisotopic (exact) mass is 421 g/mol. The number of imidazole rings is 1. The number of thioether (sulfide) groups is 1. The summed E-state index contributed by atoms with van der Waals surface area (Å²) in [4.78, 5) is 29.3. The lowest BCUT2D eigenvalue weighted by Crippen LogP contribution is -2.24. The molecule has 156 valence electrons. The van der Waals surface area contributed by atoms with Gasteiger partial charge in [0, 0.05) is 35.8 Å². The van der Waals surface area contributed by atoms with Crippen molar-refractivity contribution < 1.29 is 9.59 Å². The van der Waals surface area contributed by atoms with E-state index in [0.717, 1.165) is 30.1 Å². The van der Waals surface area contributed by atoms with Crippen LogP contribution in [0.2, 0.25) is 0 Å². The molecule has 0 aliphatic rings. The highest BCUT2D eigenvalue weighted by molar-refractivity contribution is 7.99. The molecule has 0 saturated carbocycles. The molecular weight excluding hydrogens is 394 g/mol. The van der Waals surface area contributed by atoms with Crippen LogP contribution in [0, 0.1) is 0 Å². The van der Waals surface area contributed by atoms with E-state index < -0.39 is 0 Å². The van der Waals surface area contributed by atoms with Gasteiger partial charge in [-0.05, 0) is 36.6 Å². The molecule has 3 rings (SSSR count). The van der Waals surface area contributed by atoms with Gasteiger partial charge in [0.2, 0.25) is 0 Å². The molecule has 0 bridgehead atoms. The van der Waals surface area contributed by atoms with Gasteiger partial charge in [0.15, 0.2) is 10.9 Å². The van der Waals surface area contributed by atoms with Gasteiger partial charge in [0.1, 0.15) is 0 Å². The third-order valence-electron chi connectivity index (χ3n) is 4.83. The summed E-state index contributed by atoms with van der Waals surface area (Å²) in [6.07, 6.45) is 6.50. The summed E-state index contributed by atoms with van der Waals surface area (Å²) in [6.45, 7) is 4.86. The van der Waals surface area contributed by atoms with Crippen molar-refractivity contribution in [1.29, 1.82) is 0 Å². The predicted octanol–water partition coefficient (Wildman–Crippen LogP) is 4.94. The van der Waals surface area contributed by atoms with Gasteiger partial charge in [-0.25, -0.2) is 4.98 Å². The van der Waals surface area contributed by atoms with Gasteiger partial charge in [-0.15, -0.1) is 0 Å². The van der Waals surface area contributed by atoms with Crippen LogP contribution in [0.15, 0.2) is 66.1 Å². The summed E-state index contributed by atoms with van der Waals surface area (Å²) in [5.41, 5.74) is 3.38. The molecule has 1 amide bonds. The molecule has 0 saturated heterocycles.